The lowest BCUT2D eigenvalue weighted by Crippen LogP contribution is -2.39. The second-order valence-electron chi connectivity index (χ2n) is 6.85. The standard InChI is InChI=1S/C22H29N3O2S/c1-2-23-22(24-14-15-28(26)20-9-4-3-5-10-20)25-16-19-8-6-7-11-21(19)27-17-18-12-13-18/h3-11,18H,2,12-17H2,1H3,(H2,23,24,25). The zero-order chi connectivity index (χ0) is 19.6. The van der Waals surface area contributed by atoms with E-state index >= 15 is 0 Å². The Labute approximate surface area is 170 Å². The van der Waals surface area contributed by atoms with Gasteiger partial charge >= 0.3 is 0 Å². The molecule has 1 aliphatic rings. The molecule has 1 unspecified atom stereocenters. The van der Waals surface area contributed by atoms with Gasteiger partial charge in [-0.2, -0.15) is 0 Å². The summed E-state index contributed by atoms with van der Waals surface area (Å²) >= 11 is 0. The number of hydrogen-bond donors (Lipinski definition) is 2. The van der Waals surface area contributed by atoms with Gasteiger partial charge in [-0.1, -0.05) is 36.4 Å². The van der Waals surface area contributed by atoms with Crippen LogP contribution in [-0.2, 0) is 17.3 Å². The fraction of sp³-hybridized carbons (Fsp3) is 0.409. The minimum Gasteiger partial charge on any atom is -0.493 e. The zero-order valence-electron chi connectivity index (χ0n) is 16.4. The molecule has 1 atom stereocenters. The lowest BCUT2D eigenvalue weighted by Gasteiger charge is -2.13. The van der Waals surface area contributed by atoms with E-state index < -0.39 is 10.8 Å². The molecule has 1 saturated carbocycles. The van der Waals surface area contributed by atoms with Crippen LogP contribution in [0.3, 0.4) is 0 Å². The van der Waals surface area contributed by atoms with Crippen LogP contribution < -0.4 is 15.4 Å². The topological polar surface area (TPSA) is 62.7 Å². The van der Waals surface area contributed by atoms with Gasteiger partial charge in [0.25, 0.3) is 0 Å². The molecule has 0 saturated heterocycles. The fourth-order valence-corrected chi connectivity index (χ4v) is 3.71. The van der Waals surface area contributed by atoms with E-state index in [2.05, 4.69) is 21.7 Å². The van der Waals surface area contributed by atoms with Gasteiger partial charge in [0.2, 0.25) is 0 Å². The van der Waals surface area contributed by atoms with Crippen molar-refractivity contribution >= 4 is 16.8 Å². The molecule has 2 N–H and O–H groups in total. The number of aliphatic imine (C=N–C) groups is 1. The molecule has 28 heavy (non-hydrogen) atoms. The van der Waals surface area contributed by atoms with Gasteiger partial charge in [0.05, 0.1) is 24.0 Å². The quantitative estimate of drug-likeness (QED) is 0.475. The summed E-state index contributed by atoms with van der Waals surface area (Å²) in [4.78, 5) is 5.53. The third-order valence-corrected chi connectivity index (χ3v) is 5.85. The van der Waals surface area contributed by atoms with Crippen LogP contribution in [0.4, 0.5) is 0 Å². The largest absolute Gasteiger partial charge is 0.493 e. The Morgan fingerprint density at radius 3 is 2.61 bits per heavy atom. The predicted octanol–water partition coefficient (Wildman–Crippen LogP) is 3.34. The molecule has 1 aliphatic carbocycles. The molecule has 0 heterocycles. The van der Waals surface area contributed by atoms with Crippen molar-refractivity contribution < 1.29 is 8.95 Å². The molecule has 0 bridgehead atoms. The number of nitrogens with one attached hydrogen (secondary N) is 2. The van der Waals surface area contributed by atoms with Crippen LogP contribution in [0.2, 0.25) is 0 Å². The minimum atomic E-state index is -1.01. The van der Waals surface area contributed by atoms with Crippen molar-refractivity contribution in [2.75, 3.05) is 25.4 Å². The van der Waals surface area contributed by atoms with E-state index in [-0.39, 0.29) is 0 Å². The fourth-order valence-electron chi connectivity index (χ4n) is 2.73. The molecule has 6 heteroatoms. The molecule has 150 valence electrons. The second-order valence-corrected chi connectivity index (χ2v) is 8.42. The highest BCUT2D eigenvalue weighted by Crippen LogP contribution is 2.30. The van der Waals surface area contributed by atoms with Gasteiger partial charge in [-0.3, -0.25) is 4.21 Å². The van der Waals surface area contributed by atoms with Crippen LogP contribution in [0.1, 0.15) is 25.3 Å². The molecular weight excluding hydrogens is 370 g/mol. The van der Waals surface area contributed by atoms with Crippen molar-refractivity contribution in [3.63, 3.8) is 0 Å². The Bertz CT molecular complexity index is 791. The first-order valence-electron chi connectivity index (χ1n) is 9.92. The van der Waals surface area contributed by atoms with E-state index in [0.29, 0.717) is 18.8 Å². The summed E-state index contributed by atoms with van der Waals surface area (Å²) in [5.74, 6) is 2.90. The van der Waals surface area contributed by atoms with Crippen LogP contribution in [0, 0.1) is 5.92 Å². The number of para-hydroxylation sites is 1. The van der Waals surface area contributed by atoms with Crippen molar-refractivity contribution in [2.45, 2.75) is 31.2 Å². The van der Waals surface area contributed by atoms with Crippen LogP contribution in [0.15, 0.2) is 64.5 Å². The van der Waals surface area contributed by atoms with E-state index in [0.717, 1.165) is 41.2 Å². The van der Waals surface area contributed by atoms with Crippen LogP contribution in [-0.4, -0.2) is 35.6 Å². The maximum Gasteiger partial charge on any atom is 0.191 e. The van der Waals surface area contributed by atoms with Crippen molar-refractivity contribution in [3.05, 3.63) is 60.2 Å². The van der Waals surface area contributed by atoms with Crippen molar-refractivity contribution in [3.8, 4) is 5.75 Å². The number of guanidine groups is 1. The van der Waals surface area contributed by atoms with Gasteiger partial charge < -0.3 is 15.4 Å². The number of rotatable bonds is 10. The molecule has 5 nitrogen and oxygen atoms in total. The summed E-state index contributed by atoms with van der Waals surface area (Å²) in [6.07, 6.45) is 2.55. The van der Waals surface area contributed by atoms with Gasteiger partial charge in [-0.05, 0) is 43.9 Å². The number of ether oxygens (including phenoxy) is 1. The van der Waals surface area contributed by atoms with E-state index in [9.17, 15) is 4.21 Å². The van der Waals surface area contributed by atoms with E-state index in [1.54, 1.807) is 0 Å². The monoisotopic (exact) mass is 399 g/mol. The molecule has 2 aromatic rings. The summed E-state index contributed by atoms with van der Waals surface area (Å²) in [5, 5.41) is 6.52. The normalized spacial score (nSPS) is 15.1. The highest BCUT2D eigenvalue weighted by molar-refractivity contribution is 7.85. The first-order chi connectivity index (χ1) is 13.8. The minimum absolute atomic E-state index is 0.537. The highest BCUT2D eigenvalue weighted by Gasteiger charge is 2.22. The third kappa shape index (κ3) is 6.68. The summed E-state index contributed by atoms with van der Waals surface area (Å²) < 4.78 is 18.3. The van der Waals surface area contributed by atoms with Crippen LogP contribution in [0.5, 0.6) is 5.75 Å². The average molecular weight is 400 g/mol. The lowest BCUT2D eigenvalue weighted by atomic mass is 10.2. The van der Waals surface area contributed by atoms with Gasteiger partial charge in [0.15, 0.2) is 5.96 Å². The van der Waals surface area contributed by atoms with E-state index in [1.165, 1.54) is 12.8 Å². The molecule has 0 aliphatic heterocycles. The Morgan fingerprint density at radius 1 is 1.11 bits per heavy atom. The molecule has 0 radical (unpaired) electrons. The Balaban J connectivity index is 1.53. The highest BCUT2D eigenvalue weighted by atomic mass is 32.2. The summed E-state index contributed by atoms with van der Waals surface area (Å²) in [6.45, 7) is 4.73. The molecule has 3 rings (SSSR count). The number of nitrogens with zero attached hydrogens (tertiary/aromatic N) is 1. The first-order valence-corrected chi connectivity index (χ1v) is 11.2. The van der Waals surface area contributed by atoms with Gasteiger partial charge in [0.1, 0.15) is 5.75 Å². The second kappa shape index (κ2) is 10.9. The molecule has 0 spiro atoms. The van der Waals surface area contributed by atoms with Crippen molar-refractivity contribution in [1.29, 1.82) is 0 Å². The average Bonchev–Trinajstić information content (AvgIpc) is 3.56. The van der Waals surface area contributed by atoms with Gasteiger partial charge in [-0.25, -0.2) is 4.99 Å². The van der Waals surface area contributed by atoms with Crippen LogP contribution in [0.25, 0.3) is 0 Å². The van der Waals surface area contributed by atoms with E-state index in [4.69, 9.17) is 4.74 Å². The molecule has 0 amide bonds. The predicted molar refractivity (Wildman–Crippen MR) is 115 cm³/mol. The third-order valence-electron chi connectivity index (χ3n) is 4.48. The van der Waals surface area contributed by atoms with Gasteiger partial charge in [-0.15, -0.1) is 0 Å². The number of hydrogen-bond acceptors (Lipinski definition) is 3. The Kier molecular flexibility index (Phi) is 7.91. The van der Waals surface area contributed by atoms with Crippen molar-refractivity contribution in [1.82, 2.24) is 10.6 Å². The number of benzene rings is 2. The lowest BCUT2D eigenvalue weighted by molar-refractivity contribution is 0.297. The molecule has 2 aromatic carbocycles. The maximum absolute atomic E-state index is 12.3. The molecular formula is C22H29N3O2S. The maximum atomic E-state index is 12.3. The van der Waals surface area contributed by atoms with Crippen LogP contribution >= 0.6 is 0 Å². The zero-order valence-corrected chi connectivity index (χ0v) is 17.2. The first kappa shape index (κ1) is 20.4. The summed E-state index contributed by atoms with van der Waals surface area (Å²) in [6, 6.07) is 17.6. The summed E-state index contributed by atoms with van der Waals surface area (Å²) in [7, 11) is -1.01. The Morgan fingerprint density at radius 2 is 1.86 bits per heavy atom. The Hall–Kier alpha value is -2.34. The van der Waals surface area contributed by atoms with E-state index in [1.807, 2.05) is 55.5 Å². The summed E-state index contributed by atoms with van der Waals surface area (Å²) in [5.41, 5.74) is 1.08. The van der Waals surface area contributed by atoms with Crippen molar-refractivity contribution in [2.24, 2.45) is 10.9 Å². The SMILES string of the molecule is CCNC(=NCc1ccccc1OCC1CC1)NCCS(=O)c1ccccc1. The molecule has 0 aromatic heterocycles. The molecule has 1 fully saturated rings. The van der Waals surface area contributed by atoms with Gasteiger partial charge in [0, 0.05) is 29.3 Å². The smallest absolute Gasteiger partial charge is 0.191 e.